The number of benzene rings is 2. The van der Waals surface area contributed by atoms with Gasteiger partial charge in [0.25, 0.3) is 0 Å². The van der Waals surface area contributed by atoms with Gasteiger partial charge in [0.15, 0.2) is 11.6 Å². The van der Waals surface area contributed by atoms with Gasteiger partial charge in [-0.05, 0) is 25.1 Å². The fourth-order valence-electron chi connectivity index (χ4n) is 2.42. The summed E-state index contributed by atoms with van der Waals surface area (Å²) >= 11 is 0. The number of hydrogen-bond donors (Lipinski definition) is 0. The quantitative estimate of drug-likeness (QED) is 0.774. The molecule has 0 aliphatic rings. The Kier molecular flexibility index (Phi) is 6.18. The Morgan fingerprint density at radius 3 is 2.42 bits per heavy atom. The summed E-state index contributed by atoms with van der Waals surface area (Å²) in [7, 11) is 3.35. The first-order chi connectivity index (χ1) is 11.5. The highest BCUT2D eigenvalue weighted by atomic mass is 19.1. The van der Waals surface area contributed by atoms with E-state index in [0.717, 1.165) is 11.3 Å². The lowest BCUT2D eigenvalue weighted by Gasteiger charge is -2.26. The van der Waals surface area contributed by atoms with Crippen LogP contribution in [0, 0.1) is 5.82 Å². The molecule has 24 heavy (non-hydrogen) atoms. The summed E-state index contributed by atoms with van der Waals surface area (Å²) in [5.41, 5.74) is 0.936. The van der Waals surface area contributed by atoms with Crippen molar-refractivity contribution in [2.45, 2.75) is 19.4 Å². The van der Waals surface area contributed by atoms with Crippen LogP contribution in [0.4, 0.5) is 4.39 Å². The van der Waals surface area contributed by atoms with Crippen molar-refractivity contribution in [2.75, 3.05) is 20.8 Å². The average molecular weight is 331 g/mol. The van der Waals surface area contributed by atoms with Crippen LogP contribution in [-0.4, -0.2) is 31.6 Å². The lowest BCUT2D eigenvalue weighted by Crippen LogP contribution is -2.30. The van der Waals surface area contributed by atoms with Crippen LogP contribution in [0.15, 0.2) is 48.5 Å². The van der Waals surface area contributed by atoms with E-state index in [1.165, 1.54) is 6.07 Å². The average Bonchev–Trinajstić information content (AvgIpc) is 2.61. The normalized spacial score (nSPS) is 11.7. The lowest BCUT2D eigenvalue weighted by molar-refractivity contribution is -0.132. The molecule has 0 aliphatic carbocycles. The smallest absolute Gasteiger partial charge is 0.226 e. The predicted octanol–water partition coefficient (Wildman–Crippen LogP) is 3.82. The Morgan fingerprint density at radius 1 is 1.12 bits per heavy atom. The monoisotopic (exact) mass is 331 g/mol. The van der Waals surface area contributed by atoms with Gasteiger partial charge in [0.2, 0.25) is 5.91 Å². The minimum Gasteiger partial charge on any atom is -0.496 e. The van der Waals surface area contributed by atoms with Gasteiger partial charge in [-0.25, -0.2) is 4.39 Å². The first kappa shape index (κ1) is 17.8. The highest BCUT2D eigenvalue weighted by Crippen LogP contribution is 2.28. The van der Waals surface area contributed by atoms with Crippen LogP contribution >= 0.6 is 0 Å². The summed E-state index contributed by atoms with van der Waals surface area (Å²) < 4.78 is 24.2. The number of nitrogens with zero attached hydrogens (tertiary/aromatic N) is 1. The van der Waals surface area contributed by atoms with Gasteiger partial charge in [-0.15, -0.1) is 0 Å². The molecular weight excluding hydrogens is 309 g/mol. The van der Waals surface area contributed by atoms with E-state index in [2.05, 4.69) is 0 Å². The standard InChI is InChI=1S/C19H22FNO3/c1-14(15-8-4-6-10-17(15)23-3)21(2)19(22)12-13-24-18-11-7-5-9-16(18)20/h4-11,14H,12-13H2,1-3H3. The van der Waals surface area contributed by atoms with E-state index in [9.17, 15) is 9.18 Å². The van der Waals surface area contributed by atoms with Crippen LogP contribution < -0.4 is 9.47 Å². The summed E-state index contributed by atoms with van der Waals surface area (Å²) in [5.74, 6) is 0.392. The van der Waals surface area contributed by atoms with Crippen LogP contribution in [0.3, 0.4) is 0 Å². The molecule has 2 aromatic rings. The number of para-hydroxylation sites is 2. The second-order valence-electron chi connectivity index (χ2n) is 5.45. The molecule has 0 heterocycles. The summed E-state index contributed by atoms with van der Waals surface area (Å²) in [5, 5.41) is 0. The third-order valence-corrected chi connectivity index (χ3v) is 3.97. The van der Waals surface area contributed by atoms with E-state index in [4.69, 9.17) is 9.47 Å². The van der Waals surface area contributed by atoms with Crippen molar-refractivity contribution in [2.24, 2.45) is 0 Å². The summed E-state index contributed by atoms with van der Waals surface area (Å²) in [6.07, 6.45) is 0.171. The third-order valence-electron chi connectivity index (χ3n) is 3.97. The molecule has 5 heteroatoms. The number of carbonyl (C=O) groups is 1. The van der Waals surface area contributed by atoms with Crippen LogP contribution in [-0.2, 0) is 4.79 Å². The molecule has 0 N–H and O–H groups in total. The molecule has 2 rings (SSSR count). The third kappa shape index (κ3) is 4.25. The molecule has 0 bridgehead atoms. The minimum absolute atomic E-state index is 0.0789. The molecule has 0 aliphatic heterocycles. The van der Waals surface area contributed by atoms with Crippen molar-refractivity contribution in [1.29, 1.82) is 0 Å². The second kappa shape index (κ2) is 8.34. The van der Waals surface area contributed by atoms with E-state index in [-0.39, 0.29) is 30.7 Å². The molecule has 4 nitrogen and oxygen atoms in total. The van der Waals surface area contributed by atoms with Crippen molar-refractivity contribution in [3.05, 3.63) is 59.9 Å². The fourth-order valence-corrected chi connectivity index (χ4v) is 2.42. The van der Waals surface area contributed by atoms with E-state index >= 15 is 0 Å². The highest BCUT2D eigenvalue weighted by Gasteiger charge is 2.20. The van der Waals surface area contributed by atoms with Crippen molar-refractivity contribution in [3.63, 3.8) is 0 Å². The maximum absolute atomic E-state index is 13.5. The number of carbonyl (C=O) groups excluding carboxylic acids is 1. The van der Waals surface area contributed by atoms with Gasteiger partial charge in [-0.3, -0.25) is 4.79 Å². The van der Waals surface area contributed by atoms with E-state index in [0.29, 0.717) is 0 Å². The van der Waals surface area contributed by atoms with E-state index < -0.39 is 5.82 Å². The highest BCUT2D eigenvalue weighted by molar-refractivity contribution is 5.76. The van der Waals surface area contributed by atoms with Crippen LogP contribution in [0.2, 0.25) is 0 Å². The summed E-state index contributed by atoms with van der Waals surface area (Å²) in [4.78, 5) is 14.0. The molecule has 0 saturated carbocycles. The van der Waals surface area contributed by atoms with Crippen LogP contribution in [0.25, 0.3) is 0 Å². The van der Waals surface area contributed by atoms with E-state index in [1.54, 1.807) is 37.3 Å². The van der Waals surface area contributed by atoms with Crippen LogP contribution in [0.1, 0.15) is 24.9 Å². The molecular formula is C19H22FNO3. The van der Waals surface area contributed by atoms with Crippen molar-refractivity contribution in [1.82, 2.24) is 4.90 Å². The molecule has 1 amide bonds. The number of rotatable bonds is 7. The number of amides is 1. The SMILES string of the molecule is COc1ccccc1C(C)N(C)C(=O)CCOc1ccccc1F. The Labute approximate surface area is 141 Å². The first-order valence-corrected chi connectivity index (χ1v) is 7.80. The number of halogens is 1. The van der Waals surface area contributed by atoms with Crippen molar-refractivity contribution in [3.8, 4) is 11.5 Å². The molecule has 128 valence electrons. The minimum atomic E-state index is -0.430. The summed E-state index contributed by atoms with van der Waals surface area (Å²) in [6, 6.07) is 13.6. The van der Waals surface area contributed by atoms with E-state index in [1.807, 2.05) is 31.2 Å². The van der Waals surface area contributed by atoms with Gasteiger partial charge in [-0.2, -0.15) is 0 Å². The molecule has 1 unspecified atom stereocenters. The zero-order valence-electron chi connectivity index (χ0n) is 14.2. The zero-order valence-corrected chi connectivity index (χ0v) is 14.2. The Hall–Kier alpha value is -2.56. The number of ether oxygens (including phenoxy) is 2. The molecule has 0 spiro atoms. The fraction of sp³-hybridized carbons (Fsp3) is 0.316. The van der Waals surface area contributed by atoms with Crippen molar-refractivity contribution < 1.29 is 18.7 Å². The zero-order chi connectivity index (χ0) is 17.5. The second-order valence-corrected chi connectivity index (χ2v) is 5.45. The van der Waals surface area contributed by atoms with Crippen molar-refractivity contribution >= 4 is 5.91 Å². The lowest BCUT2D eigenvalue weighted by atomic mass is 10.1. The molecule has 2 aromatic carbocycles. The molecule has 0 aromatic heterocycles. The number of hydrogen-bond acceptors (Lipinski definition) is 3. The Morgan fingerprint density at radius 2 is 1.75 bits per heavy atom. The molecule has 0 radical (unpaired) electrons. The predicted molar refractivity (Wildman–Crippen MR) is 90.7 cm³/mol. The molecule has 0 saturated heterocycles. The van der Waals surface area contributed by atoms with Gasteiger partial charge in [0.05, 0.1) is 26.2 Å². The van der Waals surface area contributed by atoms with Gasteiger partial charge >= 0.3 is 0 Å². The Bertz CT molecular complexity index is 690. The van der Waals surface area contributed by atoms with Gasteiger partial charge in [-0.1, -0.05) is 30.3 Å². The summed E-state index contributed by atoms with van der Waals surface area (Å²) in [6.45, 7) is 2.07. The maximum Gasteiger partial charge on any atom is 0.226 e. The topological polar surface area (TPSA) is 38.8 Å². The van der Waals surface area contributed by atoms with Crippen LogP contribution in [0.5, 0.6) is 11.5 Å². The van der Waals surface area contributed by atoms with Gasteiger partial charge in [0, 0.05) is 12.6 Å². The maximum atomic E-state index is 13.5. The number of methoxy groups -OCH3 is 1. The van der Waals surface area contributed by atoms with Gasteiger partial charge in [0.1, 0.15) is 5.75 Å². The van der Waals surface area contributed by atoms with Gasteiger partial charge < -0.3 is 14.4 Å². The molecule has 0 fully saturated rings. The first-order valence-electron chi connectivity index (χ1n) is 7.80. The molecule has 1 atom stereocenters. The largest absolute Gasteiger partial charge is 0.496 e. The Balaban J connectivity index is 1.93.